The molecule has 4 bridgehead atoms. The fourth-order valence-electron chi connectivity index (χ4n) is 7.60. The van der Waals surface area contributed by atoms with E-state index in [4.69, 9.17) is 11.6 Å². The summed E-state index contributed by atoms with van der Waals surface area (Å²) in [6, 6.07) is 29.1. The minimum atomic E-state index is -0.272. The molecule has 3 aromatic carbocycles. The molecule has 0 aliphatic heterocycles. The maximum absolute atomic E-state index is 14.1. The Morgan fingerprint density at radius 2 is 1.33 bits per heavy atom. The monoisotopic (exact) mass is 455 g/mol. The van der Waals surface area contributed by atoms with E-state index in [1.165, 1.54) is 24.8 Å². The van der Waals surface area contributed by atoms with Crippen LogP contribution >= 0.6 is 11.6 Å². The maximum Gasteiger partial charge on any atom is 0.227 e. The van der Waals surface area contributed by atoms with Gasteiger partial charge in [0.1, 0.15) is 0 Å². The van der Waals surface area contributed by atoms with Crippen LogP contribution in [0.4, 0.5) is 0 Å². The van der Waals surface area contributed by atoms with Crippen molar-refractivity contribution < 1.29 is 4.79 Å². The van der Waals surface area contributed by atoms with Gasteiger partial charge in [0, 0.05) is 5.02 Å². The van der Waals surface area contributed by atoms with Crippen LogP contribution in [0.15, 0.2) is 84.9 Å². The lowest BCUT2D eigenvalue weighted by Crippen LogP contribution is -2.59. The number of halogens is 1. The highest BCUT2D eigenvalue weighted by Gasteiger charge is 2.61. The molecule has 7 rings (SSSR count). The lowest BCUT2D eigenvalue weighted by Gasteiger charge is -2.61. The van der Waals surface area contributed by atoms with Gasteiger partial charge >= 0.3 is 0 Å². The van der Waals surface area contributed by atoms with Gasteiger partial charge in [-0.2, -0.15) is 0 Å². The molecule has 4 aliphatic carbocycles. The van der Waals surface area contributed by atoms with Crippen molar-refractivity contribution in [2.75, 3.05) is 0 Å². The molecule has 2 atom stereocenters. The minimum Gasteiger partial charge on any atom is -0.345 e. The Kier molecular flexibility index (Phi) is 5.10. The predicted molar refractivity (Wildman–Crippen MR) is 133 cm³/mol. The van der Waals surface area contributed by atoms with Gasteiger partial charge in [0.2, 0.25) is 5.91 Å². The molecular weight excluding hydrogens is 426 g/mol. The predicted octanol–water partition coefficient (Wildman–Crippen LogP) is 7.08. The number of benzene rings is 3. The molecule has 0 spiro atoms. The first-order valence-electron chi connectivity index (χ1n) is 12.2. The van der Waals surface area contributed by atoms with Gasteiger partial charge in [-0.05, 0) is 84.6 Å². The van der Waals surface area contributed by atoms with E-state index in [0.29, 0.717) is 11.8 Å². The van der Waals surface area contributed by atoms with Crippen molar-refractivity contribution in [2.45, 2.75) is 50.0 Å². The molecule has 33 heavy (non-hydrogen) atoms. The molecular formula is C30H30ClNO. The summed E-state index contributed by atoms with van der Waals surface area (Å²) in [5, 5.41) is 4.31. The Labute approximate surface area is 201 Å². The molecule has 2 nitrogen and oxygen atoms in total. The van der Waals surface area contributed by atoms with Crippen LogP contribution in [0.3, 0.4) is 0 Å². The van der Waals surface area contributed by atoms with Crippen molar-refractivity contribution in [1.82, 2.24) is 5.32 Å². The Balaban J connectivity index is 1.34. The second-order valence-corrected chi connectivity index (χ2v) is 11.2. The average molecular weight is 456 g/mol. The van der Waals surface area contributed by atoms with Crippen LogP contribution in [-0.2, 0) is 10.2 Å². The molecule has 0 radical (unpaired) electrons. The Hall–Kier alpha value is -2.58. The summed E-state index contributed by atoms with van der Waals surface area (Å²) in [4.78, 5) is 14.1. The number of carbonyl (C=O) groups is 1. The molecule has 4 fully saturated rings. The van der Waals surface area contributed by atoms with Crippen molar-refractivity contribution in [3.63, 3.8) is 0 Å². The van der Waals surface area contributed by atoms with Gasteiger partial charge in [0.05, 0.1) is 11.5 Å². The summed E-state index contributed by atoms with van der Waals surface area (Å²) < 4.78 is 0. The highest BCUT2D eigenvalue weighted by molar-refractivity contribution is 6.30. The Morgan fingerprint density at radius 3 is 1.88 bits per heavy atom. The molecule has 0 heterocycles. The quantitative estimate of drug-likeness (QED) is 0.437. The second kappa shape index (κ2) is 8.02. The number of amides is 1. The molecule has 3 heteroatoms. The van der Waals surface area contributed by atoms with E-state index in [1.807, 2.05) is 24.3 Å². The standard InChI is InChI=1S/C30H30ClNO/c31-26-13-11-25(12-14-26)29-16-21-15-22(17-29)19-30(18-21,20-29)28(33)32-27(23-7-3-1-4-8-23)24-9-5-2-6-10-24/h1-14,21-22,27H,15-20H2,(H,32,33). The largest absolute Gasteiger partial charge is 0.345 e. The van der Waals surface area contributed by atoms with E-state index in [0.717, 1.165) is 35.4 Å². The van der Waals surface area contributed by atoms with Gasteiger partial charge in [-0.25, -0.2) is 0 Å². The summed E-state index contributed by atoms with van der Waals surface area (Å²) in [7, 11) is 0. The summed E-state index contributed by atoms with van der Waals surface area (Å²) in [5.74, 6) is 1.52. The molecule has 2 unspecified atom stereocenters. The van der Waals surface area contributed by atoms with Gasteiger partial charge < -0.3 is 5.32 Å². The van der Waals surface area contributed by atoms with Crippen LogP contribution in [0.2, 0.25) is 5.02 Å². The lowest BCUT2D eigenvalue weighted by atomic mass is 9.42. The number of rotatable bonds is 5. The average Bonchev–Trinajstić information content (AvgIpc) is 2.83. The summed E-state index contributed by atoms with van der Waals surface area (Å²) in [6.45, 7) is 0. The van der Waals surface area contributed by atoms with E-state index in [2.05, 4.69) is 66.0 Å². The third-order valence-electron chi connectivity index (χ3n) is 8.54. The first-order chi connectivity index (χ1) is 16.1. The van der Waals surface area contributed by atoms with E-state index >= 15 is 0 Å². The fourth-order valence-corrected chi connectivity index (χ4v) is 7.73. The van der Waals surface area contributed by atoms with Crippen molar-refractivity contribution in [3.05, 3.63) is 107 Å². The third kappa shape index (κ3) is 3.69. The molecule has 168 valence electrons. The fraction of sp³-hybridized carbons (Fsp3) is 0.367. The van der Waals surface area contributed by atoms with Crippen molar-refractivity contribution in [2.24, 2.45) is 17.3 Å². The summed E-state index contributed by atoms with van der Waals surface area (Å²) in [6.07, 6.45) is 6.71. The van der Waals surface area contributed by atoms with E-state index in [1.54, 1.807) is 0 Å². The lowest BCUT2D eigenvalue weighted by molar-refractivity contribution is -0.149. The zero-order valence-electron chi connectivity index (χ0n) is 18.8. The van der Waals surface area contributed by atoms with E-state index in [-0.39, 0.29) is 22.8 Å². The normalized spacial score (nSPS) is 29.9. The van der Waals surface area contributed by atoms with Crippen LogP contribution in [-0.4, -0.2) is 5.91 Å². The van der Waals surface area contributed by atoms with Gasteiger partial charge in [-0.3, -0.25) is 4.79 Å². The molecule has 4 aliphatic rings. The first kappa shape index (κ1) is 21.0. The zero-order valence-corrected chi connectivity index (χ0v) is 19.6. The SMILES string of the molecule is O=C(NC(c1ccccc1)c1ccccc1)C12CC3CC(C1)CC(c1ccc(Cl)cc1)(C3)C2. The maximum atomic E-state index is 14.1. The minimum absolute atomic E-state index is 0.112. The number of nitrogens with one attached hydrogen (secondary N) is 1. The third-order valence-corrected chi connectivity index (χ3v) is 8.79. The van der Waals surface area contributed by atoms with Crippen molar-refractivity contribution in [3.8, 4) is 0 Å². The van der Waals surface area contributed by atoms with Gasteiger partial charge in [-0.1, -0.05) is 84.4 Å². The highest BCUT2D eigenvalue weighted by atomic mass is 35.5. The van der Waals surface area contributed by atoms with E-state index in [9.17, 15) is 4.79 Å². The Morgan fingerprint density at radius 1 is 0.788 bits per heavy atom. The second-order valence-electron chi connectivity index (χ2n) is 10.8. The molecule has 1 N–H and O–H groups in total. The van der Waals surface area contributed by atoms with Crippen LogP contribution in [0, 0.1) is 17.3 Å². The van der Waals surface area contributed by atoms with Gasteiger partial charge in [0.15, 0.2) is 0 Å². The highest BCUT2D eigenvalue weighted by Crippen LogP contribution is 2.66. The van der Waals surface area contributed by atoms with Crippen LogP contribution in [0.25, 0.3) is 0 Å². The van der Waals surface area contributed by atoms with Crippen molar-refractivity contribution >= 4 is 17.5 Å². The van der Waals surface area contributed by atoms with Crippen LogP contribution in [0.5, 0.6) is 0 Å². The zero-order chi connectivity index (χ0) is 22.5. The molecule has 1 amide bonds. The topological polar surface area (TPSA) is 29.1 Å². The molecule has 4 saturated carbocycles. The van der Waals surface area contributed by atoms with Crippen LogP contribution < -0.4 is 5.32 Å². The van der Waals surface area contributed by atoms with Gasteiger partial charge in [0.25, 0.3) is 0 Å². The Bertz CT molecular complexity index is 1090. The molecule has 0 saturated heterocycles. The summed E-state index contributed by atoms with van der Waals surface area (Å²) in [5.41, 5.74) is 3.48. The van der Waals surface area contributed by atoms with Crippen molar-refractivity contribution in [1.29, 1.82) is 0 Å². The molecule has 0 aromatic heterocycles. The number of hydrogen-bond donors (Lipinski definition) is 1. The first-order valence-corrected chi connectivity index (χ1v) is 12.6. The number of hydrogen-bond acceptors (Lipinski definition) is 1. The smallest absolute Gasteiger partial charge is 0.227 e. The molecule has 3 aromatic rings. The summed E-state index contributed by atoms with van der Waals surface area (Å²) >= 11 is 6.21. The number of carbonyl (C=O) groups excluding carboxylic acids is 1. The van der Waals surface area contributed by atoms with E-state index < -0.39 is 0 Å². The van der Waals surface area contributed by atoms with Crippen LogP contribution in [0.1, 0.15) is 61.3 Å². The van der Waals surface area contributed by atoms with Gasteiger partial charge in [-0.15, -0.1) is 0 Å².